The normalized spacial score (nSPS) is 16.9. The zero-order valence-electron chi connectivity index (χ0n) is 17.1. The standard InChI is InChI=1S/C17H31N5O7S/c1-4-7(2)13(22-15(26)12(19)8(3)23)16(27)21-10(6-30)14(25)20-9(17(28)29)5-11(18)24/h7-10,12-13,23,30H,4-6,19H2,1-3H3,(H2,18,24)(H,20,25)(H,21,27)(H,22,26)(H,28,29). The van der Waals surface area contributed by atoms with Gasteiger partial charge in [0.2, 0.25) is 23.6 Å². The number of carbonyl (C=O) groups excluding carboxylic acids is 4. The summed E-state index contributed by atoms with van der Waals surface area (Å²) in [4.78, 5) is 59.4. The van der Waals surface area contributed by atoms with Crippen LogP contribution in [0.1, 0.15) is 33.6 Å². The van der Waals surface area contributed by atoms with Crippen molar-refractivity contribution in [3.05, 3.63) is 0 Å². The number of aliphatic hydroxyl groups is 1. The number of amides is 4. The van der Waals surface area contributed by atoms with E-state index in [2.05, 4.69) is 28.6 Å². The molecular formula is C17H31N5O7S. The molecule has 0 aromatic heterocycles. The van der Waals surface area contributed by atoms with Crippen LogP contribution >= 0.6 is 12.6 Å². The lowest BCUT2D eigenvalue weighted by molar-refractivity contribution is -0.143. The number of hydrogen-bond donors (Lipinski definition) is 8. The third-order valence-corrected chi connectivity index (χ3v) is 4.82. The van der Waals surface area contributed by atoms with E-state index in [1.165, 1.54) is 6.92 Å². The zero-order chi connectivity index (χ0) is 23.6. The van der Waals surface area contributed by atoms with E-state index >= 15 is 0 Å². The van der Waals surface area contributed by atoms with Crippen molar-refractivity contribution in [1.29, 1.82) is 0 Å². The SMILES string of the molecule is CCC(C)C(NC(=O)C(N)C(C)O)C(=O)NC(CS)C(=O)NC(CC(N)=O)C(=O)O. The smallest absolute Gasteiger partial charge is 0.326 e. The second-order valence-corrected chi connectivity index (χ2v) is 7.32. The molecule has 0 aliphatic rings. The Morgan fingerprint density at radius 3 is 1.90 bits per heavy atom. The average Bonchev–Trinajstić information content (AvgIpc) is 2.67. The number of carboxylic acid groups (broad SMARTS) is 1. The van der Waals surface area contributed by atoms with Gasteiger partial charge in [-0.2, -0.15) is 12.6 Å². The number of thiol groups is 1. The predicted octanol–water partition coefficient (Wildman–Crippen LogP) is -2.92. The molecule has 0 aliphatic carbocycles. The van der Waals surface area contributed by atoms with Crippen LogP contribution in [0.15, 0.2) is 0 Å². The highest BCUT2D eigenvalue weighted by atomic mass is 32.1. The van der Waals surface area contributed by atoms with Crippen LogP contribution in [-0.4, -0.2) is 75.8 Å². The third kappa shape index (κ3) is 8.97. The maximum Gasteiger partial charge on any atom is 0.326 e. The van der Waals surface area contributed by atoms with Crippen LogP contribution in [0.5, 0.6) is 0 Å². The number of aliphatic carboxylic acids is 1. The molecule has 0 rings (SSSR count). The Bertz CT molecular complexity index is 646. The number of rotatable bonds is 13. The molecule has 0 bridgehead atoms. The van der Waals surface area contributed by atoms with Crippen molar-refractivity contribution in [2.45, 2.75) is 63.9 Å². The number of carbonyl (C=O) groups is 5. The summed E-state index contributed by atoms with van der Waals surface area (Å²) in [6, 6.07) is -5.13. The molecule has 12 nitrogen and oxygen atoms in total. The van der Waals surface area contributed by atoms with E-state index in [1.54, 1.807) is 13.8 Å². The van der Waals surface area contributed by atoms with E-state index in [0.29, 0.717) is 6.42 Å². The van der Waals surface area contributed by atoms with Gasteiger partial charge >= 0.3 is 5.97 Å². The maximum absolute atomic E-state index is 12.7. The molecule has 30 heavy (non-hydrogen) atoms. The molecule has 0 spiro atoms. The van der Waals surface area contributed by atoms with Crippen LogP contribution < -0.4 is 27.4 Å². The van der Waals surface area contributed by atoms with Gasteiger partial charge in [-0.3, -0.25) is 19.2 Å². The summed E-state index contributed by atoms with van der Waals surface area (Å²) in [5.74, 6) is -5.28. The predicted molar refractivity (Wildman–Crippen MR) is 110 cm³/mol. The Hall–Kier alpha value is -2.38. The molecule has 0 radical (unpaired) electrons. The number of nitrogens with two attached hydrogens (primary N) is 2. The van der Waals surface area contributed by atoms with Crippen molar-refractivity contribution >= 4 is 42.2 Å². The minimum atomic E-state index is -1.57. The summed E-state index contributed by atoms with van der Waals surface area (Å²) in [6.45, 7) is 4.81. The van der Waals surface area contributed by atoms with Gasteiger partial charge in [-0.25, -0.2) is 4.79 Å². The van der Waals surface area contributed by atoms with Gasteiger partial charge < -0.3 is 37.6 Å². The molecule has 0 saturated heterocycles. The highest BCUT2D eigenvalue weighted by Gasteiger charge is 2.32. The highest BCUT2D eigenvalue weighted by molar-refractivity contribution is 7.80. The lowest BCUT2D eigenvalue weighted by atomic mass is 9.97. The number of carboxylic acids is 1. The van der Waals surface area contributed by atoms with Crippen LogP contribution in [-0.2, 0) is 24.0 Å². The number of hydrogen-bond acceptors (Lipinski definition) is 8. The zero-order valence-corrected chi connectivity index (χ0v) is 18.0. The monoisotopic (exact) mass is 449 g/mol. The summed E-state index contributed by atoms with van der Waals surface area (Å²) in [5.41, 5.74) is 10.6. The fourth-order valence-electron chi connectivity index (χ4n) is 2.30. The quantitative estimate of drug-likeness (QED) is 0.136. The Kier molecular flexibility index (Phi) is 12.0. The molecule has 0 saturated carbocycles. The number of primary amides is 1. The molecule has 13 heteroatoms. The van der Waals surface area contributed by atoms with Crippen LogP contribution in [0.25, 0.3) is 0 Å². The van der Waals surface area contributed by atoms with Crippen molar-refractivity contribution in [3.63, 3.8) is 0 Å². The van der Waals surface area contributed by atoms with E-state index in [1.807, 2.05) is 0 Å². The summed E-state index contributed by atoms with van der Waals surface area (Å²) < 4.78 is 0. The highest BCUT2D eigenvalue weighted by Crippen LogP contribution is 2.09. The second kappa shape index (κ2) is 13.0. The van der Waals surface area contributed by atoms with Crippen molar-refractivity contribution in [1.82, 2.24) is 16.0 Å². The molecule has 0 fully saturated rings. The van der Waals surface area contributed by atoms with Gasteiger partial charge in [-0.05, 0) is 12.8 Å². The second-order valence-electron chi connectivity index (χ2n) is 6.95. The van der Waals surface area contributed by atoms with Gasteiger partial charge in [0.25, 0.3) is 0 Å². The fraction of sp³-hybridized carbons (Fsp3) is 0.706. The molecule has 0 aromatic rings. The van der Waals surface area contributed by atoms with Crippen LogP contribution in [0.3, 0.4) is 0 Å². The van der Waals surface area contributed by atoms with E-state index in [9.17, 15) is 29.1 Å². The van der Waals surface area contributed by atoms with Gasteiger partial charge in [-0.15, -0.1) is 0 Å². The maximum atomic E-state index is 12.7. The minimum absolute atomic E-state index is 0.186. The Morgan fingerprint density at radius 1 is 0.967 bits per heavy atom. The summed E-state index contributed by atoms with van der Waals surface area (Å²) in [5, 5.41) is 25.5. The fourth-order valence-corrected chi connectivity index (χ4v) is 2.56. The summed E-state index contributed by atoms with van der Waals surface area (Å²) >= 11 is 3.99. The molecule has 6 atom stereocenters. The largest absolute Gasteiger partial charge is 0.480 e. The lowest BCUT2D eigenvalue weighted by Crippen LogP contribution is -2.60. The average molecular weight is 450 g/mol. The Balaban J connectivity index is 5.32. The Morgan fingerprint density at radius 2 is 1.50 bits per heavy atom. The van der Waals surface area contributed by atoms with Gasteiger partial charge in [-0.1, -0.05) is 20.3 Å². The van der Waals surface area contributed by atoms with Gasteiger partial charge in [0, 0.05) is 5.75 Å². The minimum Gasteiger partial charge on any atom is -0.480 e. The van der Waals surface area contributed by atoms with E-state index in [4.69, 9.17) is 16.6 Å². The lowest BCUT2D eigenvalue weighted by Gasteiger charge is -2.27. The van der Waals surface area contributed by atoms with E-state index in [0.717, 1.165) is 0 Å². The van der Waals surface area contributed by atoms with Crippen molar-refractivity contribution in [2.24, 2.45) is 17.4 Å². The van der Waals surface area contributed by atoms with Crippen LogP contribution in [0.4, 0.5) is 0 Å². The molecule has 0 heterocycles. The van der Waals surface area contributed by atoms with Crippen LogP contribution in [0.2, 0.25) is 0 Å². The molecule has 0 aliphatic heterocycles. The van der Waals surface area contributed by atoms with Gasteiger partial charge in [0.1, 0.15) is 24.2 Å². The Labute approximate surface area is 179 Å². The number of aliphatic hydroxyl groups excluding tert-OH is 1. The van der Waals surface area contributed by atoms with Crippen molar-refractivity contribution < 1.29 is 34.2 Å². The molecule has 0 aromatic carbocycles. The molecular weight excluding hydrogens is 418 g/mol. The summed E-state index contributed by atoms with van der Waals surface area (Å²) in [7, 11) is 0. The molecule has 9 N–H and O–H groups in total. The van der Waals surface area contributed by atoms with Crippen LogP contribution in [0, 0.1) is 5.92 Å². The van der Waals surface area contributed by atoms with E-state index < -0.39 is 66.3 Å². The molecule has 6 unspecified atom stereocenters. The molecule has 172 valence electrons. The van der Waals surface area contributed by atoms with E-state index in [-0.39, 0.29) is 11.7 Å². The van der Waals surface area contributed by atoms with Gasteiger partial charge in [0.05, 0.1) is 12.5 Å². The number of nitrogens with one attached hydrogen (secondary N) is 3. The first kappa shape index (κ1) is 27.6. The first-order valence-electron chi connectivity index (χ1n) is 9.32. The van der Waals surface area contributed by atoms with Crippen molar-refractivity contribution in [3.8, 4) is 0 Å². The summed E-state index contributed by atoms with van der Waals surface area (Å²) in [6.07, 6.45) is -1.27. The first-order valence-corrected chi connectivity index (χ1v) is 9.95. The topological polar surface area (TPSA) is 214 Å². The van der Waals surface area contributed by atoms with Crippen molar-refractivity contribution in [2.75, 3.05) is 5.75 Å². The van der Waals surface area contributed by atoms with Gasteiger partial charge in [0.15, 0.2) is 0 Å². The molecule has 4 amide bonds. The first-order chi connectivity index (χ1) is 13.8. The third-order valence-electron chi connectivity index (χ3n) is 4.45.